The van der Waals surface area contributed by atoms with Crippen molar-refractivity contribution in [1.82, 2.24) is 20.9 Å². The van der Waals surface area contributed by atoms with Crippen molar-refractivity contribution in [3.63, 3.8) is 0 Å². The third-order valence-corrected chi connectivity index (χ3v) is 12.2. The van der Waals surface area contributed by atoms with Crippen LogP contribution in [0.3, 0.4) is 0 Å². The average Bonchev–Trinajstić information content (AvgIpc) is 3.84. The molecule has 11 nitrogen and oxygen atoms in total. The molecule has 0 radical (unpaired) electrons. The van der Waals surface area contributed by atoms with Crippen molar-refractivity contribution >= 4 is 23.6 Å². The van der Waals surface area contributed by atoms with Gasteiger partial charge in [0, 0.05) is 25.4 Å². The van der Waals surface area contributed by atoms with Crippen LogP contribution in [0.15, 0.2) is 0 Å². The number of nitrogens with one attached hydrogen (secondary N) is 3. The molecule has 4 unspecified atom stereocenters. The highest BCUT2D eigenvalue weighted by Crippen LogP contribution is 2.49. The first-order chi connectivity index (χ1) is 24.4. The van der Waals surface area contributed by atoms with E-state index in [1.807, 2.05) is 34.6 Å². The zero-order valence-electron chi connectivity index (χ0n) is 34.4. The van der Waals surface area contributed by atoms with Gasteiger partial charge in [0.1, 0.15) is 23.7 Å². The Kier molecular flexibility index (Phi) is 19.1. The third kappa shape index (κ3) is 13.0. The maximum atomic E-state index is 14.4. The minimum atomic E-state index is -1.30. The van der Waals surface area contributed by atoms with Crippen molar-refractivity contribution in [2.75, 3.05) is 13.7 Å². The summed E-state index contributed by atoms with van der Waals surface area (Å²) in [6, 6.07) is -3.50. The molecule has 11 heteroatoms. The van der Waals surface area contributed by atoms with Crippen molar-refractivity contribution in [2.45, 2.75) is 201 Å². The van der Waals surface area contributed by atoms with Gasteiger partial charge in [0.2, 0.25) is 23.6 Å². The number of carbonyl (C=O) groups is 4. The molecule has 1 heterocycles. The molecule has 1 aliphatic carbocycles. The van der Waals surface area contributed by atoms with E-state index in [9.17, 15) is 29.4 Å². The molecule has 302 valence electrons. The summed E-state index contributed by atoms with van der Waals surface area (Å²) >= 11 is 0. The van der Waals surface area contributed by atoms with Gasteiger partial charge in [-0.15, -0.1) is 0 Å². The van der Waals surface area contributed by atoms with Gasteiger partial charge in [-0.1, -0.05) is 119 Å². The maximum Gasteiger partial charge on any atom is 0.245 e. The number of amides is 4. The molecule has 0 aromatic heterocycles. The monoisotopic (exact) mass is 737 g/mol. The lowest BCUT2D eigenvalue weighted by Gasteiger charge is -2.47. The van der Waals surface area contributed by atoms with Crippen LogP contribution in [-0.2, 0) is 23.9 Å². The predicted octanol–water partition coefficient (Wildman–Crippen LogP) is 5.64. The SMILES string of the molecule is CCC(C)[C@H](NC(=O)[C@H](C(C)CC)N(C)C(C)=O)C(=O)N[C@H](C(=O)N[C@@H](CC(C)C)C1(C(O)[C@@]2(C)CO2)CCCCCCCCCCCC1)C(C)O. The molecule has 1 saturated carbocycles. The first-order valence-corrected chi connectivity index (χ1v) is 20.6. The van der Waals surface area contributed by atoms with Gasteiger partial charge in [0.05, 0.1) is 18.8 Å². The smallest absolute Gasteiger partial charge is 0.245 e. The van der Waals surface area contributed by atoms with Gasteiger partial charge >= 0.3 is 0 Å². The normalized spacial score (nSPS) is 24.6. The summed E-state index contributed by atoms with van der Waals surface area (Å²) in [7, 11) is 1.58. The van der Waals surface area contributed by atoms with Gasteiger partial charge in [-0.25, -0.2) is 0 Å². The maximum absolute atomic E-state index is 14.4. The Morgan fingerprint density at radius 1 is 0.712 bits per heavy atom. The fourth-order valence-corrected chi connectivity index (χ4v) is 8.13. The second-order valence-electron chi connectivity index (χ2n) is 17.0. The number of carbonyl (C=O) groups excluding carboxylic acids is 4. The highest BCUT2D eigenvalue weighted by Gasteiger charge is 2.58. The minimum Gasteiger partial charge on any atom is -0.391 e. The minimum absolute atomic E-state index is 0.158. The van der Waals surface area contributed by atoms with Crippen LogP contribution in [0.25, 0.3) is 0 Å². The Balaban J connectivity index is 2.45. The molecule has 0 spiro atoms. The molecular formula is C41H76N4O7. The van der Waals surface area contributed by atoms with Crippen LogP contribution in [-0.4, -0.2) is 94.4 Å². The molecule has 1 saturated heterocycles. The summed E-state index contributed by atoms with van der Waals surface area (Å²) in [6.45, 7) is 17.1. The zero-order valence-corrected chi connectivity index (χ0v) is 34.4. The quantitative estimate of drug-likeness (QED) is 0.121. The first-order valence-electron chi connectivity index (χ1n) is 20.6. The lowest BCUT2D eigenvalue weighted by Crippen LogP contribution is -2.64. The van der Waals surface area contributed by atoms with E-state index in [0.717, 1.165) is 51.4 Å². The number of likely N-dealkylation sites (N-methyl/N-ethyl adjacent to an activating group) is 1. The summed E-state index contributed by atoms with van der Waals surface area (Å²) in [5.41, 5.74) is -1.34. The van der Waals surface area contributed by atoms with Gasteiger partial charge in [-0.05, 0) is 50.9 Å². The van der Waals surface area contributed by atoms with E-state index in [1.54, 1.807) is 7.05 Å². The first kappa shape index (κ1) is 45.9. The van der Waals surface area contributed by atoms with Crippen LogP contribution in [0.4, 0.5) is 0 Å². The molecule has 1 aliphatic heterocycles. The fraction of sp³-hybridized carbons (Fsp3) is 0.902. The predicted molar refractivity (Wildman–Crippen MR) is 206 cm³/mol. The Labute approximate surface area is 315 Å². The van der Waals surface area contributed by atoms with Crippen LogP contribution in [0.1, 0.15) is 159 Å². The lowest BCUT2D eigenvalue weighted by atomic mass is 9.63. The van der Waals surface area contributed by atoms with Crippen molar-refractivity contribution in [1.29, 1.82) is 0 Å². The van der Waals surface area contributed by atoms with Crippen LogP contribution < -0.4 is 16.0 Å². The highest BCUT2D eigenvalue weighted by molar-refractivity contribution is 5.94. The number of aliphatic hydroxyl groups is 2. The third-order valence-electron chi connectivity index (χ3n) is 12.2. The van der Waals surface area contributed by atoms with Crippen molar-refractivity contribution in [3.05, 3.63) is 0 Å². The van der Waals surface area contributed by atoms with E-state index in [2.05, 4.69) is 29.8 Å². The average molecular weight is 737 g/mol. The second kappa shape index (κ2) is 21.6. The molecule has 4 amide bonds. The summed E-state index contributed by atoms with van der Waals surface area (Å²) in [5, 5.41) is 32.2. The van der Waals surface area contributed by atoms with Gasteiger partial charge in [-0.2, -0.15) is 0 Å². The second-order valence-corrected chi connectivity index (χ2v) is 17.0. The summed E-state index contributed by atoms with van der Waals surface area (Å²) < 4.78 is 5.87. The van der Waals surface area contributed by atoms with E-state index in [4.69, 9.17) is 4.74 Å². The van der Waals surface area contributed by atoms with Gasteiger partial charge < -0.3 is 35.8 Å². The fourth-order valence-electron chi connectivity index (χ4n) is 8.13. The van der Waals surface area contributed by atoms with Gasteiger partial charge in [-0.3, -0.25) is 19.2 Å². The van der Waals surface area contributed by atoms with E-state index in [1.165, 1.54) is 44.4 Å². The Bertz CT molecular complexity index is 1110. The number of rotatable bonds is 17. The van der Waals surface area contributed by atoms with Crippen molar-refractivity contribution in [2.24, 2.45) is 23.2 Å². The number of nitrogens with zero attached hydrogens (tertiary/aromatic N) is 1. The molecule has 9 atom stereocenters. The lowest BCUT2D eigenvalue weighted by molar-refractivity contribution is -0.142. The molecule has 2 rings (SSSR count). The Hall–Kier alpha value is -2.24. The number of hydrogen-bond donors (Lipinski definition) is 5. The van der Waals surface area contributed by atoms with Crippen molar-refractivity contribution < 1.29 is 34.1 Å². The van der Waals surface area contributed by atoms with Crippen LogP contribution in [0.2, 0.25) is 0 Å². The van der Waals surface area contributed by atoms with E-state index < -0.39 is 65.1 Å². The summed E-state index contributed by atoms with van der Waals surface area (Å²) in [4.78, 5) is 55.8. The van der Waals surface area contributed by atoms with Crippen LogP contribution in [0.5, 0.6) is 0 Å². The molecular weight excluding hydrogens is 660 g/mol. The molecule has 5 N–H and O–H groups in total. The zero-order chi connectivity index (χ0) is 39.2. The van der Waals surface area contributed by atoms with E-state index >= 15 is 0 Å². The van der Waals surface area contributed by atoms with Crippen molar-refractivity contribution in [3.8, 4) is 0 Å². The topological polar surface area (TPSA) is 161 Å². The highest BCUT2D eigenvalue weighted by atomic mass is 16.6. The largest absolute Gasteiger partial charge is 0.391 e. The Morgan fingerprint density at radius 3 is 1.56 bits per heavy atom. The van der Waals surface area contributed by atoms with E-state index in [0.29, 0.717) is 25.9 Å². The van der Waals surface area contributed by atoms with Crippen LogP contribution >= 0.6 is 0 Å². The number of ether oxygens (including phenoxy) is 1. The number of hydrogen-bond acceptors (Lipinski definition) is 7. The Morgan fingerprint density at radius 2 is 1.15 bits per heavy atom. The standard InChI is InChI=1S/C41H76N4O7/c1-11-28(5)33(43-38(50)35(29(6)12-2)45(10)31(8)47)36(48)44-34(30(7)46)37(49)42-32(25-27(3)4)41(39(51)40(9)26-52-40)23-21-19-17-15-13-14-16-18-20-22-24-41/h27-30,32-35,39,46,51H,11-26H2,1-10H3,(H,42,49)(H,43,50)(H,44,48)/t28?,29?,30?,32-,33-,34-,35-,39?,40+/m0/s1. The summed E-state index contributed by atoms with van der Waals surface area (Å²) in [6.07, 6.45) is 12.5. The molecule has 0 aromatic rings. The number of aliphatic hydroxyl groups excluding tert-OH is 2. The molecule has 0 aromatic carbocycles. The molecule has 2 aliphatic rings. The number of epoxide rings is 1. The van der Waals surface area contributed by atoms with E-state index in [-0.39, 0.29) is 23.7 Å². The molecule has 0 bridgehead atoms. The molecule has 2 fully saturated rings. The van der Waals surface area contributed by atoms with Crippen LogP contribution in [0, 0.1) is 23.2 Å². The van der Waals surface area contributed by atoms with Gasteiger partial charge in [0.25, 0.3) is 0 Å². The summed E-state index contributed by atoms with van der Waals surface area (Å²) in [5.74, 6) is -2.05. The molecule has 52 heavy (non-hydrogen) atoms. The van der Waals surface area contributed by atoms with Gasteiger partial charge in [0.15, 0.2) is 0 Å².